The zero-order chi connectivity index (χ0) is 28.5. The number of hydrogen-bond acceptors (Lipinski definition) is 6. The van der Waals surface area contributed by atoms with Crippen molar-refractivity contribution in [3.8, 4) is 0 Å². The molecule has 8 nitrogen and oxygen atoms in total. The number of rotatable bonds is 6. The molecule has 0 aliphatic carbocycles. The van der Waals surface area contributed by atoms with Crippen LogP contribution >= 0.6 is 0 Å². The smallest absolute Gasteiger partial charge is 0.245 e. The Hall–Kier alpha value is -2.26. The number of likely N-dealkylation sites (N-methyl/N-ethyl adjacent to an activating group) is 1. The maximum atomic E-state index is 13.3. The van der Waals surface area contributed by atoms with E-state index in [1.807, 2.05) is 51.1 Å². The minimum atomic E-state index is -0.862. The Morgan fingerprint density at radius 1 is 1.15 bits per heavy atom. The predicted octanol–water partition coefficient (Wildman–Crippen LogP) is 3.60. The van der Waals surface area contributed by atoms with Crippen LogP contribution in [0.15, 0.2) is 42.0 Å². The molecule has 0 radical (unpaired) electrons. The summed E-state index contributed by atoms with van der Waals surface area (Å²) in [5.41, 5.74) is 2.15. The van der Waals surface area contributed by atoms with Gasteiger partial charge in [-0.2, -0.15) is 0 Å². The number of hydrogen-bond donors (Lipinski definition) is 3. The van der Waals surface area contributed by atoms with Gasteiger partial charge in [-0.05, 0) is 57.9 Å². The van der Waals surface area contributed by atoms with Crippen LogP contribution in [0.1, 0.15) is 71.8 Å². The minimum absolute atomic E-state index is 0.0634. The molecule has 2 saturated heterocycles. The van der Waals surface area contributed by atoms with Gasteiger partial charge >= 0.3 is 0 Å². The van der Waals surface area contributed by atoms with E-state index >= 15 is 0 Å². The van der Waals surface area contributed by atoms with E-state index in [2.05, 4.69) is 18.3 Å². The van der Waals surface area contributed by atoms with Gasteiger partial charge in [-0.25, -0.2) is 0 Å². The highest BCUT2D eigenvalue weighted by atomic mass is 16.7. The van der Waals surface area contributed by atoms with E-state index in [1.165, 1.54) is 5.57 Å². The number of nitrogens with one attached hydrogen (secondary N) is 1. The van der Waals surface area contributed by atoms with Crippen LogP contribution in [0.2, 0.25) is 0 Å². The molecule has 218 valence electrons. The summed E-state index contributed by atoms with van der Waals surface area (Å²) in [6.45, 7) is 8.32. The quantitative estimate of drug-likeness (QED) is 0.473. The molecule has 0 bridgehead atoms. The van der Waals surface area contributed by atoms with E-state index in [0.29, 0.717) is 45.1 Å². The molecular weight excluding hydrogens is 496 g/mol. The Balaban J connectivity index is 1.75. The molecule has 3 rings (SSSR count). The van der Waals surface area contributed by atoms with Crippen molar-refractivity contribution in [1.82, 2.24) is 10.2 Å². The summed E-state index contributed by atoms with van der Waals surface area (Å²) in [6.07, 6.45) is 2.71. The minimum Gasteiger partial charge on any atom is -0.390 e. The van der Waals surface area contributed by atoms with Crippen molar-refractivity contribution in [2.24, 2.45) is 11.8 Å². The van der Waals surface area contributed by atoms with E-state index in [4.69, 9.17) is 9.47 Å². The summed E-state index contributed by atoms with van der Waals surface area (Å²) in [5, 5.41) is 25.3. The van der Waals surface area contributed by atoms with E-state index in [-0.39, 0.29) is 29.8 Å². The van der Waals surface area contributed by atoms with Gasteiger partial charge in [0.15, 0.2) is 6.29 Å². The van der Waals surface area contributed by atoms with Gasteiger partial charge in [0.05, 0.1) is 18.3 Å². The summed E-state index contributed by atoms with van der Waals surface area (Å²) in [4.78, 5) is 28.1. The number of aliphatic hydroxyl groups excluding tert-OH is 2. The molecule has 2 fully saturated rings. The van der Waals surface area contributed by atoms with E-state index in [9.17, 15) is 19.8 Å². The van der Waals surface area contributed by atoms with Crippen LogP contribution in [0.25, 0.3) is 0 Å². The van der Waals surface area contributed by atoms with E-state index in [1.54, 1.807) is 11.9 Å². The largest absolute Gasteiger partial charge is 0.390 e. The summed E-state index contributed by atoms with van der Waals surface area (Å²) >= 11 is 0. The number of nitrogens with zero attached hydrogens (tertiary/aromatic N) is 1. The Morgan fingerprint density at radius 3 is 2.54 bits per heavy atom. The topological polar surface area (TPSA) is 108 Å². The lowest BCUT2D eigenvalue weighted by atomic mass is 9.84. The zero-order valence-corrected chi connectivity index (χ0v) is 24.2. The SMILES string of the molecule is C/C=C(/CC)[C@H]1C[C@@H](C)O[C@@H](O[C@@H]2CC[C@@H](C)C(=O)NC(Cc3ccccc3)C(=O)N(C)CCC[C@H]2O)[C@@H]1O. The zero-order valence-electron chi connectivity index (χ0n) is 24.2. The molecule has 0 aromatic heterocycles. The number of ether oxygens (including phenoxy) is 2. The predicted molar refractivity (Wildman–Crippen MR) is 151 cm³/mol. The molecular formula is C31H48N2O6. The van der Waals surface area contributed by atoms with Crippen molar-refractivity contribution in [1.29, 1.82) is 0 Å². The molecule has 2 aliphatic rings. The number of benzene rings is 1. The van der Waals surface area contributed by atoms with Gasteiger partial charge in [0.25, 0.3) is 0 Å². The van der Waals surface area contributed by atoms with Gasteiger partial charge in [0.2, 0.25) is 11.8 Å². The maximum absolute atomic E-state index is 13.3. The molecule has 3 N–H and O–H groups in total. The number of allylic oxidation sites excluding steroid dienone is 1. The van der Waals surface area contributed by atoms with Crippen LogP contribution in [0.5, 0.6) is 0 Å². The van der Waals surface area contributed by atoms with Crippen molar-refractivity contribution >= 4 is 11.8 Å². The molecule has 1 unspecified atom stereocenters. The molecule has 39 heavy (non-hydrogen) atoms. The second-order valence-electron chi connectivity index (χ2n) is 11.2. The van der Waals surface area contributed by atoms with Gasteiger partial charge < -0.3 is 29.9 Å². The Bertz CT molecular complexity index is 954. The third-order valence-corrected chi connectivity index (χ3v) is 8.24. The van der Waals surface area contributed by atoms with Crippen LogP contribution in [0.4, 0.5) is 0 Å². The fraction of sp³-hybridized carbons (Fsp3) is 0.677. The lowest BCUT2D eigenvalue weighted by Gasteiger charge is -2.41. The van der Waals surface area contributed by atoms with Gasteiger partial charge in [0.1, 0.15) is 12.1 Å². The first-order valence-corrected chi connectivity index (χ1v) is 14.6. The second kappa shape index (κ2) is 14.9. The molecule has 2 amide bonds. The summed E-state index contributed by atoms with van der Waals surface area (Å²) in [6, 6.07) is 9.02. The number of aliphatic hydroxyl groups is 2. The van der Waals surface area contributed by atoms with Crippen molar-refractivity contribution in [2.75, 3.05) is 13.6 Å². The average Bonchev–Trinajstić information content (AvgIpc) is 2.93. The Kier molecular flexibility index (Phi) is 12.0. The summed E-state index contributed by atoms with van der Waals surface area (Å²) in [5.74, 6) is -0.797. The van der Waals surface area contributed by atoms with Gasteiger partial charge in [-0.15, -0.1) is 0 Å². The highest BCUT2D eigenvalue weighted by Crippen LogP contribution is 2.34. The molecule has 0 spiro atoms. The molecule has 1 aromatic rings. The van der Waals surface area contributed by atoms with E-state index in [0.717, 1.165) is 12.0 Å². The highest BCUT2D eigenvalue weighted by molar-refractivity contribution is 5.88. The molecule has 2 heterocycles. The van der Waals surface area contributed by atoms with Crippen molar-refractivity contribution in [2.45, 2.75) is 109 Å². The lowest BCUT2D eigenvalue weighted by Crippen LogP contribution is -2.50. The molecule has 0 saturated carbocycles. The number of amides is 2. The molecule has 2 aliphatic heterocycles. The maximum Gasteiger partial charge on any atom is 0.245 e. The van der Waals surface area contributed by atoms with Gasteiger partial charge in [-0.3, -0.25) is 9.59 Å². The van der Waals surface area contributed by atoms with Crippen LogP contribution in [0.3, 0.4) is 0 Å². The summed E-state index contributed by atoms with van der Waals surface area (Å²) in [7, 11) is 1.73. The highest BCUT2D eigenvalue weighted by Gasteiger charge is 2.40. The number of carbonyl (C=O) groups is 2. The Morgan fingerprint density at radius 2 is 1.87 bits per heavy atom. The van der Waals surface area contributed by atoms with Crippen molar-refractivity contribution < 1.29 is 29.3 Å². The lowest BCUT2D eigenvalue weighted by molar-refractivity contribution is -0.275. The standard InChI is InChI=1S/C31H48N2O6/c1-6-23(7-2)24-18-21(4)38-31(28(24)35)39-27-16-15-20(3)29(36)32-25(19-22-12-9-8-10-13-22)30(37)33(5)17-11-14-26(27)34/h6,8-10,12-13,20-21,24-28,31,34-35H,7,11,14-19H2,1-5H3,(H,32,36)/b23-6-/t20-,21-,24-,25?,26-,27-,28-,31+/m1/s1. The van der Waals surface area contributed by atoms with Crippen molar-refractivity contribution in [3.05, 3.63) is 47.5 Å². The first kappa shape index (κ1) is 31.3. The third kappa shape index (κ3) is 8.61. The van der Waals surface area contributed by atoms with Crippen LogP contribution < -0.4 is 5.32 Å². The van der Waals surface area contributed by atoms with Gasteiger partial charge in [-0.1, -0.05) is 55.8 Å². The Labute approximate surface area is 233 Å². The first-order valence-electron chi connectivity index (χ1n) is 14.6. The monoisotopic (exact) mass is 544 g/mol. The van der Waals surface area contributed by atoms with Crippen LogP contribution in [-0.2, 0) is 25.5 Å². The van der Waals surface area contributed by atoms with Crippen molar-refractivity contribution in [3.63, 3.8) is 0 Å². The van der Waals surface area contributed by atoms with Crippen LogP contribution in [0, 0.1) is 11.8 Å². The van der Waals surface area contributed by atoms with Crippen LogP contribution in [-0.4, -0.2) is 77.3 Å². The molecule has 8 atom stereocenters. The van der Waals surface area contributed by atoms with Gasteiger partial charge in [0, 0.05) is 31.8 Å². The van der Waals surface area contributed by atoms with E-state index < -0.39 is 30.6 Å². The fourth-order valence-electron chi connectivity index (χ4n) is 5.75. The third-order valence-electron chi connectivity index (χ3n) is 8.24. The fourth-order valence-corrected chi connectivity index (χ4v) is 5.75. The summed E-state index contributed by atoms with van der Waals surface area (Å²) < 4.78 is 12.3. The molecule has 1 aromatic carbocycles. The second-order valence-corrected chi connectivity index (χ2v) is 11.2. The first-order chi connectivity index (χ1) is 18.6. The average molecular weight is 545 g/mol. The molecule has 8 heteroatoms. The normalized spacial score (nSPS) is 34.0. The number of carbonyl (C=O) groups excluding carboxylic acids is 2.